The van der Waals surface area contributed by atoms with Gasteiger partial charge in [-0.05, 0) is 36.6 Å². The minimum absolute atomic E-state index is 0.0369. The van der Waals surface area contributed by atoms with Crippen molar-refractivity contribution in [3.8, 4) is 6.07 Å². The number of primary amides is 1. The maximum atomic E-state index is 13.9. The van der Waals surface area contributed by atoms with Crippen molar-refractivity contribution in [1.82, 2.24) is 19.4 Å². The van der Waals surface area contributed by atoms with Crippen molar-refractivity contribution >= 4 is 44.6 Å². The van der Waals surface area contributed by atoms with Gasteiger partial charge in [-0.25, -0.2) is 9.97 Å². The van der Waals surface area contributed by atoms with Crippen LogP contribution in [0, 0.1) is 11.3 Å². The molecule has 2 amide bonds. The van der Waals surface area contributed by atoms with E-state index in [1.165, 1.54) is 4.90 Å². The number of benzene rings is 1. The van der Waals surface area contributed by atoms with Crippen LogP contribution >= 0.6 is 15.9 Å². The Labute approximate surface area is 206 Å². The summed E-state index contributed by atoms with van der Waals surface area (Å²) >= 11 is 3.42. The van der Waals surface area contributed by atoms with Crippen LogP contribution in [-0.2, 0) is 11.3 Å². The van der Waals surface area contributed by atoms with E-state index in [0.29, 0.717) is 22.5 Å². The highest BCUT2D eigenvalue weighted by atomic mass is 79.9. The highest BCUT2D eigenvalue weighted by molar-refractivity contribution is 9.10. The molecule has 1 aromatic carbocycles. The number of nitriles is 1. The second-order valence-electron chi connectivity index (χ2n) is 8.44. The predicted octanol–water partition coefficient (Wildman–Crippen LogP) is 3.74. The topological polar surface area (TPSA) is 130 Å². The third-order valence-corrected chi connectivity index (χ3v) is 6.64. The van der Waals surface area contributed by atoms with Gasteiger partial charge in [-0.3, -0.25) is 9.59 Å². The van der Waals surface area contributed by atoms with Gasteiger partial charge in [0, 0.05) is 24.1 Å². The molecule has 10 heteroatoms. The first kappa shape index (κ1) is 23.7. The summed E-state index contributed by atoms with van der Waals surface area (Å²) in [6.07, 6.45) is 5.07. The summed E-state index contributed by atoms with van der Waals surface area (Å²) in [6.45, 7) is 0.0182. The number of aromatic nitrogens is 3. The molecule has 9 nitrogen and oxygen atoms in total. The van der Waals surface area contributed by atoms with Crippen LogP contribution in [0.2, 0.25) is 0 Å². The molecule has 3 N–H and O–H groups in total. The van der Waals surface area contributed by atoms with Gasteiger partial charge in [0.1, 0.15) is 29.8 Å². The Kier molecular flexibility index (Phi) is 7.12. The molecule has 0 radical (unpaired) electrons. The van der Waals surface area contributed by atoms with Gasteiger partial charge in [0.2, 0.25) is 11.7 Å². The quantitative estimate of drug-likeness (QED) is 0.485. The fourth-order valence-corrected chi connectivity index (χ4v) is 4.83. The number of rotatable bonds is 7. The molecule has 1 aliphatic carbocycles. The Morgan fingerprint density at radius 3 is 2.56 bits per heavy atom. The van der Waals surface area contributed by atoms with Gasteiger partial charge in [-0.15, -0.1) is 0 Å². The summed E-state index contributed by atoms with van der Waals surface area (Å²) in [5.74, 6) is -0.381. The molecule has 1 fully saturated rings. The van der Waals surface area contributed by atoms with Crippen LogP contribution < -0.4 is 11.1 Å². The Balaban J connectivity index is 1.84. The summed E-state index contributed by atoms with van der Waals surface area (Å²) < 4.78 is 2.86. The smallest absolute Gasteiger partial charge is 0.271 e. The lowest BCUT2D eigenvalue weighted by Crippen LogP contribution is -2.39. The fourth-order valence-electron chi connectivity index (χ4n) is 4.57. The van der Waals surface area contributed by atoms with Crippen LogP contribution in [0.3, 0.4) is 0 Å². The van der Waals surface area contributed by atoms with Gasteiger partial charge in [0.05, 0.1) is 5.39 Å². The zero-order valence-electron chi connectivity index (χ0n) is 18.9. The zero-order chi connectivity index (χ0) is 24.2. The van der Waals surface area contributed by atoms with Crippen molar-refractivity contribution in [2.24, 2.45) is 5.73 Å². The molecule has 0 spiro atoms. The van der Waals surface area contributed by atoms with Crippen LogP contribution in [0.15, 0.2) is 34.8 Å². The van der Waals surface area contributed by atoms with E-state index in [1.807, 2.05) is 34.9 Å². The first-order chi connectivity index (χ1) is 16.4. The normalized spacial score (nSPS) is 14.0. The van der Waals surface area contributed by atoms with Crippen LogP contribution in [-0.4, -0.2) is 44.8 Å². The monoisotopic (exact) mass is 523 g/mol. The summed E-state index contributed by atoms with van der Waals surface area (Å²) in [5, 5.41) is 13.1. The minimum atomic E-state index is -0.590. The lowest BCUT2D eigenvalue weighted by molar-refractivity contribution is -0.118. The average molecular weight is 524 g/mol. The maximum Gasteiger partial charge on any atom is 0.271 e. The number of amides is 2. The Bertz CT molecular complexity index is 1260. The molecular formula is C24H26BrN7O2. The van der Waals surface area contributed by atoms with Gasteiger partial charge < -0.3 is 20.5 Å². The third-order valence-electron chi connectivity index (χ3n) is 6.11. The number of halogens is 1. The molecule has 1 saturated carbocycles. The van der Waals surface area contributed by atoms with Crippen molar-refractivity contribution in [1.29, 1.82) is 5.26 Å². The van der Waals surface area contributed by atoms with E-state index >= 15 is 0 Å². The van der Waals surface area contributed by atoms with Gasteiger partial charge >= 0.3 is 0 Å². The maximum absolute atomic E-state index is 13.9. The molecular weight excluding hydrogens is 498 g/mol. The van der Waals surface area contributed by atoms with Gasteiger partial charge in [-0.1, -0.05) is 47.3 Å². The molecule has 176 valence electrons. The van der Waals surface area contributed by atoms with Crippen LogP contribution in [0.5, 0.6) is 0 Å². The van der Waals surface area contributed by atoms with Gasteiger partial charge in [0.15, 0.2) is 0 Å². The van der Waals surface area contributed by atoms with E-state index in [2.05, 4.69) is 31.2 Å². The Hall–Kier alpha value is -3.45. The van der Waals surface area contributed by atoms with E-state index in [0.717, 1.165) is 42.1 Å². The summed E-state index contributed by atoms with van der Waals surface area (Å²) in [6, 6.07) is 11.4. The average Bonchev–Trinajstić information content (AvgIpc) is 3.23. The number of fused-ring (bicyclic) bond motifs is 1. The highest BCUT2D eigenvalue weighted by Crippen LogP contribution is 2.35. The van der Waals surface area contributed by atoms with Crippen molar-refractivity contribution in [3.63, 3.8) is 0 Å². The van der Waals surface area contributed by atoms with Crippen LogP contribution in [0.4, 0.5) is 5.82 Å². The number of carbonyl (C=O) groups excluding carboxylic acids is 2. The standard InChI is InChI=1S/C24H26BrN7O2/c1-28-22-18-11-19(24(34)31(14-20(27)33)13-15-7-9-16(25)10-8-15)32(17-5-3-2-4-6-17)23(18)30-21(12-26)29-22/h7-11,17H,2-6,13-14H2,1H3,(H2,27,33)(H,28,29,30). The van der Waals surface area contributed by atoms with Gasteiger partial charge in [-0.2, -0.15) is 5.26 Å². The van der Waals surface area contributed by atoms with Crippen LogP contribution in [0.1, 0.15) is 60.0 Å². The number of hydrogen-bond donors (Lipinski definition) is 2. The Morgan fingerprint density at radius 1 is 1.24 bits per heavy atom. The summed E-state index contributed by atoms with van der Waals surface area (Å²) in [7, 11) is 1.72. The number of nitrogens with one attached hydrogen (secondary N) is 1. The Morgan fingerprint density at radius 2 is 1.94 bits per heavy atom. The minimum Gasteiger partial charge on any atom is -0.372 e. The molecule has 0 atom stereocenters. The second-order valence-corrected chi connectivity index (χ2v) is 9.36. The molecule has 0 saturated heterocycles. The molecule has 0 unspecified atom stereocenters. The first-order valence-electron chi connectivity index (χ1n) is 11.2. The lowest BCUT2D eigenvalue weighted by atomic mass is 9.95. The summed E-state index contributed by atoms with van der Waals surface area (Å²) in [4.78, 5) is 36.0. The molecule has 2 aromatic heterocycles. The number of nitrogens with zero attached hydrogens (tertiary/aromatic N) is 5. The summed E-state index contributed by atoms with van der Waals surface area (Å²) in [5.41, 5.74) is 7.35. The molecule has 2 heterocycles. The molecule has 0 bridgehead atoms. The van der Waals surface area contributed by atoms with E-state index in [9.17, 15) is 14.9 Å². The van der Waals surface area contributed by atoms with E-state index in [1.54, 1.807) is 13.1 Å². The van der Waals surface area contributed by atoms with Crippen molar-refractivity contribution < 1.29 is 9.59 Å². The number of anilines is 1. The van der Waals surface area contributed by atoms with E-state index in [4.69, 9.17) is 5.73 Å². The van der Waals surface area contributed by atoms with Crippen LogP contribution in [0.25, 0.3) is 11.0 Å². The van der Waals surface area contributed by atoms with E-state index < -0.39 is 5.91 Å². The predicted molar refractivity (Wildman–Crippen MR) is 132 cm³/mol. The first-order valence-corrected chi connectivity index (χ1v) is 12.0. The molecule has 1 aliphatic rings. The van der Waals surface area contributed by atoms with Crippen molar-refractivity contribution in [2.75, 3.05) is 18.9 Å². The third kappa shape index (κ3) is 4.89. The number of hydrogen-bond acceptors (Lipinski definition) is 6. The number of carbonyl (C=O) groups is 2. The van der Waals surface area contributed by atoms with Gasteiger partial charge in [0.25, 0.3) is 5.91 Å². The highest BCUT2D eigenvalue weighted by Gasteiger charge is 2.29. The van der Waals surface area contributed by atoms with Crippen molar-refractivity contribution in [3.05, 3.63) is 51.9 Å². The molecule has 4 rings (SSSR count). The SMILES string of the molecule is CNc1nc(C#N)nc2c1cc(C(=O)N(CC(N)=O)Cc1ccc(Br)cc1)n2C1CCCCC1. The molecule has 3 aromatic rings. The molecule has 0 aliphatic heterocycles. The lowest BCUT2D eigenvalue weighted by Gasteiger charge is -2.28. The zero-order valence-corrected chi connectivity index (χ0v) is 20.5. The molecule has 34 heavy (non-hydrogen) atoms. The second kappa shape index (κ2) is 10.2. The van der Waals surface area contributed by atoms with E-state index in [-0.39, 0.29) is 30.9 Å². The largest absolute Gasteiger partial charge is 0.372 e. The number of nitrogens with two attached hydrogens (primary N) is 1. The van der Waals surface area contributed by atoms with Crippen molar-refractivity contribution in [2.45, 2.75) is 44.7 Å². The fraction of sp³-hybridized carbons (Fsp3) is 0.375.